The smallest absolute Gasteiger partial charge is 0.148 e. The maximum absolute atomic E-state index is 14.8. The molecule has 1 aliphatic rings. The van der Waals surface area contributed by atoms with Crippen LogP contribution in [0, 0.1) is 11.7 Å². The average Bonchev–Trinajstić information content (AvgIpc) is 3.34. The highest BCUT2D eigenvalue weighted by Crippen LogP contribution is 2.31. The van der Waals surface area contributed by atoms with Crippen molar-refractivity contribution in [1.82, 2.24) is 24.6 Å². The Morgan fingerprint density at radius 1 is 1.15 bits per heavy atom. The second-order valence-electron chi connectivity index (χ2n) is 8.78. The summed E-state index contributed by atoms with van der Waals surface area (Å²) in [6.07, 6.45) is 4.62. The molecule has 0 spiro atoms. The molecule has 0 saturated carbocycles. The number of pyridine rings is 2. The van der Waals surface area contributed by atoms with E-state index in [1.165, 1.54) is 10.7 Å². The Hall–Kier alpha value is -3.40. The lowest BCUT2D eigenvalue weighted by atomic mass is 9.89. The molecule has 9 heteroatoms. The predicted octanol–water partition coefficient (Wildman–Crippen LogP) is 3.57. The number of hydrogen-bond acceptors (Lipinski definition) is 7. The Bertz CT molecular complexity index is 1300. The summed E-state index contributed by atoms with van der Waals surface area (Å²) in [5, 5.41) is 28.1. The van der Waals surface area contributed by atoms with Crippen molar-refractivity contribution >= 4 is 22.4 Å². The number of nitrogens with one attached hydrogen (secondary N) is 1. The number of benzene rings is 1. The second kappa shape index (κ2) is 9.46. The van der Waals surface area contributed by atoms with Crippen LogP contribution in [0.5, 0.6) is 0 Å². The first-order valence-corrected chi connectivity index (χ1v) is 11.4. The van der Waals surface area contributed by atoms with Crippen LogP contribution in [-0.2, 0) is 6.61 Å². The Kier molecular flexibility index (Phi) is 6.23. The van der Waals surface area contributed by atoms with Crippen molar-refractivity contribution in [2.75, 3.05) is 25.5 Å². The van der Waals surface area contributed by atoms with E-state index in [9.17, 15) is 14.6 Å². The SMILES string of the molecule is CN1CCC([C@@H](O)c2ccc3cnc(Nc4ccc(-n5ccc(CO)n5)cc4F)cc3n2)CC1. The van der Waals surface area contributed by atoms with Gasteiger partial charge in [-0.15, -0.1) is 0 Å². The maximum Gasteiger partial charge on any atom is 0.148 e. The highest BCUT2D eigenvalue weighted by Gasteiger charge is 2.26. The molecular weight excluding hydrogens is 435 g/mol. The highest BCUT2D eigenvalue weighted by atomic mass is 19.1. The molecule has 3 N–H and O–H groups in total. The summed E-state index contributed by atoms with van der Waals surface area (Å²) in [5.74, 6) is 0.190. The molecule has 1 atom stereocenters. The molecule has 0 radical (unpaired) electrons. The number of rotatable bonds is 6. The van der Waals surface area contributed by atoms with Crippen LogP contribution in [-0.4, -0.2) is 55.0 Å². The van der Waals surface area contributed by atoms with Gasteiger partial charge in [-0.25, -0.2) is 19.0 Å². The van der Waals surface area contributed by atoms with Gasteiger partial charge in [-0.3, -0.25) is 0 Å². The number of aliphatic hydroxyl groups excluding tert-OH is 2. The molecule has 0 aliphatic carbocycles. The van der Waals surface area contributed by atoms with Gasteiger partial charge < -0.3 is 20.4 Å². The molecule has 1 aliphatic heterocycles. The molecule has 0 unspecified atom stereocenters. The lowest BCUT2D eigenvalue weighted by molar-refractivity contribution is 0.0629. The maximum atomic E-state index is 14.8. The molecule has 3 aromatic heterocycles. The third-order valence-corrected chi connectivity index (χ3v) is 6.39. The van der Waals surface area contributed by atoms with Crippen LogP contribution in [0.25, 0.3) is 16.6 Å². The van der Waals surface area contributed by atoms with E-state index in [2.05, 4.69) is 32.3 Å². The number of halogens is 1. The largest absolute Gasteiger partial charge is 0.390 e. The van der Waals surface area contributed by atoms with Crippen LogP contribution in [0.4, 0.5) is 15.9 Å². The van der Waals surface area contributed by atoms with Gasteiger partial charge >= 0.3 is 0 Å². The van der Waals surface area contributed by atoms with Gasteiger partial charge in [-0.05, 0) is 69.2 Å². The minimum absolute atomic E-state index is 0.173. The first kappa shape index (κ1) is 22.4. The lowest BCUT2D eigenvalue weighted by Gasteiger charge is -2.31. The highest BCUT2D eigenvalue weighted by molar-refractivity contribution is 5.81. The van der Waals surface area contributed by atoms with Crippen molar-refractivity contribution in [3.8, 4) is 5.69 Å². The van der Waals surface area contributed by atoms with E-state index in [0.29, 0.717) is 28.4 Å². The van der Waals surface area contributed by atoms with Gasteiger partial charge in [-0.2, -0.15) is 5.10 Å². The summed E-state index contributed by atoms with van der Waals surface area (Å²) in [5.41, 5.74) is 2.66. The van der Waals surface area contributed by atoms with Crippen LogP contribution < -0.4 is 5.32 Å². The van der Waals surface area contributed by atoms with E-state index in [1.807, 2.05) is 12.1 Å². The van der Waals surface area contributed by atoms with E-state index in [4.69, 9.17) is 0 Å². The number of aromatic nitrogens is 4. The van der Waals surface area contributed by atoms with Crippen molar-refractivity contribution in [1.29, 1.82) is 0 Å². The van der Waals surface area contributed by atoms with Crippen molar-refractivity contribution in [3.05, 3.63) is 72.1 Å². The number of piperidine rings is 1. The zero-order valence-electron chi connectivity index (χ0n) is 18.9. The fraction of sp³-hybridized carbons (Fsp3) is 0.320. The molecule has 4 heterocycles. The second-order valence-corrected chi connectivity index (χ2v) is 8.78. The average molecular weight is 463 g/mol. The van der Waals surface area contributed by atoms with E-state index >= 15 is 0 Å². The van der Waals surface area contributed by atoms with Gasteiger partial charge in [0.2, 0.25) is 0 Å². The summed E-state index contributed by atoms with van der Waals surface area (Å²) < 4.78 is 16.3. The van der Waals surface area contributed by atoms with Gasteiger partial charge in [0.1, 0.15) is 11.6 Å². The molecular formula is C25H27FN6O2. The normalized spacial score (nSPS) is 16.1. The van der Waals surface area contributed by atoms with E-state index < -0.39 is 11.9 Å². The Morgan fingerprint density at radius 2 is 1.97 bits per heavy atom. The van der Waals surface area contributed by atoms with Crippen molar-refractivity contribution in [2.24, 2.45) is 5.92 Å². The molecule has 1 aromatic carbocycles. The molecule has 0 amide bonds. The minimum Gasteiger partial charge on any atom is -0.390 e. The monoisotopic (exact) mass is 462 g/mol. The molecule has 34 heavy (non-hydrogen) atoms. The van der Waals surface area contributed by atoms with Gasteiger partial charge in [0.25, 0.3) is 0 Å². The number of nitrogens with zero attached hydrogens (tertiary/aromatic N) is 5. The lowest BCUT2D eigenvalue weighted by Crippen LogP contribution is -2.32. The predicted molar refractivity (Wildman–Crippen MR) is 127 cm³/mol. The fourth-order valence-electron chi connectivity index (χ4n) is 4.33. The molecule has 1 saturated heterocycles. The molecule has 8 nitrogen and oxygen atoms in total. The summed E-state index contributed by atoms with van der Waals surface area (Å²) in [6.45, 7) is 1.77. The molecule has 5 rings (SSSR count). The molecule has 176 valence electrons. The van der Waals surface area contributed by atoms with Crippen LogP contribution >= 0.6 is 0 Å². The number of fused-ring (bicyclic) bond motifs is 1. The zero-order chi connectivity index (χ0) is 23.7. The number of anilines is 2. The molecule has 1 fully saturated rings. The van der Waals surface area contributed by atoms with E-state index in [0.717, 1.165) is 31.3 Å². The topological polar surface area (TPSA) is 99.3 Å². The van der Waals surface area contributed by atoms with Crippen molar-refractivity contribution in [3.63, 3.8) is 0 Å². The molecule has 0 bridgehead atoms. The third kappa shape index (κ3) is 4.63. The summed E-state index contributed by atoms with van der Waals surface area (Å²) >= 11 is 0. The Labute approximate surface area is 196 Å². The van der Waals surface area contributed by atoms with E-state index in [-0.39, 0.29) is 18.2 Å². The first-order valence-electron chi connectivity index (χ1n) is 11.4. The third-order valence-electron chi connectivity index (χ3n) is 6.39. The number of aliphatic hydroxyl groups is 2. The van der Waals surface area contributed by atoms with Gasteiger partial charge in [0.05, 0.1) is 41.0 Å². The van der Waals surface area contributed by atoms with Crippen LogP contribution in [0.1, 0.15) is 30.3 Å². The quantitative estimate of drug-likeness (QED) is 0.403. The van der Waals surface area contributed by atoms with Crippen molar-refractivity contribution < 1.29 is 14.6 Å². The standard InChI is InChI=1S/C25H27FN6O2/c1-31-9-6-16(7-10-31)25(34)22-4-2-17-14-27-24(13-23(17)28-22)29-21-5-3-19(12-20(21)26)32-11-8-18(15-33)30-32/h2-5,8,11-14,16,25,33-34H,6-7,9-10,15H2,1H3,(H,27,29)/t25-/m1/s1. The Balaban J connectivity index is 1.35. The van der Waals surface area contributed by atoms with Gasteiger partial charge in [-0.1, -0.05) is 0 Å². The van der Waals surface area contributed by atoms with Crippen molar-refractivity contribution in [2.45, 2.75) is 25.6 Å². The van der Waals surface area contributed by atoms with E-state index in [1.54, 1.807) is 36.7 Å². The molecule has 4 aromatic rings. The summed E-state index contributed by atoms with van der Waals surface area (Å²) in [7, 11) is 2.10. The van der Waals surface area contributed by atoms with Crippen LogP contribution in [0.15, 0.2) is 54.9 Å². The fourth-order valence-corrected chi connectivity index (χ4v) is 4.33. The van der Waals surface area contributed by atoms with Gasteiger partial charge in [0, 0.05) is 29.9 Å². The minimum atomic E-state index is -0.610. The number of hydrogen-bond donors (Lipinski definition) is 3. The zero-order valence-corrected chi connectivity index (χ0v) is 18.9. The van der Waals surface area contributed by atoms with Gasteiger partial charge in [0.15, 0.2) is 0 Å². The summed E-state index contributed by atoms with van der Waals surface area (Å²) in [4.78, 5) is 11.3. The van der Waals surface area contributed by atoms with Crippen LogP contribution in [0.3, 0.4) is 0 Å². The first-order chi connectivity index (χ1) is 16.5. The Morgan fingerprint density at radius 3 is 2.71 bits per heavy atom. The van der Waals surface area contributed by atoms with Crippen LogP contribution in [0.2, 0.25) is 0 Å². The number of likely N-dealkylation sites (tertiary alicyclic amines) is 1. The summed E-state index contributed by atoms with van der Waals surface area (Å²) in [6, 6.07) is 11.9.